The minimum absolute atomic E-state index is 0. The van der Waals surface area contributed by atoms with Gasteiger partial charge in [0.25, 0.3) is 0 Å². The standard InChI is InChI=1S/C33H35N2O.BrH/c1-2-27-23-35(22-25-11-5-3-6-12-25)20-18-28(27)21-32(35)33(36-24-26-13-7-4-8-14-26)30-17-19-34-31-16-10-9-15-29(30)31;/h2-17,19,27-28,32-33H,1,18,20-24H2;1H/q+1;/p-1/t27?,28?,32?,33?,35-;/m1./s1. The maximum Gasteiger partial charge on any atom is 0.135 e. The third-order valence-electron chi connectivity index (χ3n) is 8.63. The number of para-hydroxylation sites is 1. The lowest BCUT2D eigenvalue weighted by Gasteiger charge is -2.58. The van der Waals surface area contributed by atoms with Crippen molar-refractivity contribution in [3.8, 4) is 0 Å². The quantitative estimate of drug-likeness (QED) is 0.241. The van der Waals surface area contributed by atoms with Crippen molar-refractivity contribution in [3.63, 3.8) is 0 Å². The maximum atomic E-state index is 6.98. The van der Waals surface area contributed by atoms with Crippen molar-refractivity contribution >= 4 is 10.9 Å². The monoisotopic (exact) mass is 554 g/mol. The summed E-state index contributed by atoms with van der Waals surface area (Å²) in [5.41, 5.74) is 4.94. The van der Waals surface area contributed by atoms with E-state index < -0.39 is 0 Å². The molecule has 3 aromatic carbocycles. The first kappa shape index (κ1) is 25.8. The summed E-state index contributed by atoms with van der Waals surface area (Å²) in [6.45, 7) is 8.22. The predicted molar refractivity (Wildman–Crippen MR) is 146 cm³/mol. The largest absolute Gasteiger partial charge is 1.00 e. The molecule has 3 aliphatic heterocycles. The minimum atomic E-state index is -0.00427. The molecule has 3 fully saturated rings. The van der Waals surface area contributed by atoms with Crippen LogP contribution in [0.2, 0.25) is 0 Å². The molecule has 3 saturated heterocycles. The molecule has 3 nitrogen and oxygen atoms in total. The molecule has 0 amide bonds. The van der Waals surface area contributed by atoms with Crippen LogP contribution in [0.3, 0.4) is 0 Å². The number of ether oxygens (including phenoxy) is 1. The minimum Gasteiger partial charge on any atom is -1.00 e. The van der Waals surface area contributed by atoms with E-state index in [-0.39, 0.29) is 23.1 Å². The second-order valence-corrected chi connectivity index (χ2v) is 10.7. The van der Waals surface area contributed by atoms with Crippen LogP contribution in [0.4, 0.5) is 0 Å². The first-order valence-electron chi connectivity index (χ1n) is 13.3. The Morgan fingerprint density at radius 3 is 2.38 bits per heavy atom. The Morgan fingerprint density at radius 1 is 0.919 bits per heavy atom. The molecule has 4 heterocycles. The number of halogens is 1. The van der Waals surface area contributed by atoms with Gasteiger partial charge in [-0.15, -0.1) is 6.58 Å². The number of fused-ring (bicyclic) bond motifs is 4. The summed E-state index contributed by atoms with van der Waals surface area (Å²) in [5, 5.41) is 1.21. The van der Waals surface area contributed by atoms with Gasteiger partial charge in [-0.25, -0.2) is 0 Å². The van der Waals surface area contributed by atoms with Crippen molar-refractivity contribution in [3.05, 3.63) is 127 Å². The number of aromatic nitrogens is 1. The van der Waals surface area contributed by atoms with Crippen molar-refractivity contribution in [2.45, 2.75) is 38.1 Å². The van der Waals surface area contributed by atoms with Gasteiger partial charge >= 0.3 is 0 Å². The molecular weight excluding hydrogens is 520 g/mol. The third kappa shape index (κ3) is 5.16. The Morgan fingerprint density at radius 2 is 1.62 bits per heavy atom. The molecule has 7 rings (SSSR count). The van der Waals surface area contributed by atoms with Crippen molar-refractivity contribution < 1.29 is 26.2 Å². The zero-order chi connectivity index (χ0) is 24.4. The van der Waals surface area contributed by atoms with Crippen molar-refractivity contribution in [2.24, 2.45) is 11.8 Å². The van der Waals surface area contributed by atoms with Crippen LogP contribution in [-0.4, -0.2) is 28.6 Å². The Balaban J connectivity index is 0.00000280. The van der Waals surface area contributed by atoms with Crippen LogP contribution in [0, 0.1) is 11.8 Å². The number of quaternary nitrogens is 1. The van der Waals surface area contributed by atoms with Gasteiger partial charge in [0.1, 0.15) is 18.7 Å². The number of pyridine rings is 1. The molecule has 0 radical (unpaired) electrons. The van der Waals surface area contributed by atoms with Gasteiger partial charge in [-0.1, -0.05) is 84.9 Å². The summed E-state index contributed by atoms with van der Waals surface area (Å²) in [4.78, 5) is 4.67. The average Bonchev–Trinajstić information content (AvgIpc) is 2.94. The molecule has 0 saturated carbocycles. The fourth-order valence-corrected chi connectivity index (χ4v) is 6.85. The Bertz CT molecular complexity index is 1320. The van der Waals surface area contributed by atoms with E-state index in [0.29, 0.717) is 24.5 Å². The highest BCUT2D eigenvalue weighted by molar-refractivity contribution is 5.82. The van der Waals surface area contributed by atoms with E-state index in [1.165, 1.54) is 41.5 Å². The molecule has 0 N–H and O–H groups in total. The van der Waals surface area contributed by atoms with E-state index in [1.807, 2.05) is 6.20 Å². The van der Waals surface area contributed by atoms with E-state index >= 15 is 0 Å². The van der Waals surface area contributed by atoms with Gasteiger partial charge in [-0.3, -0.25) is 4.98 Å². The second kappa shape index (κ2) is 11.3. The van der Waals surface area contributed by atoms with Crippen LogP contribution in [0.5, 0.6) is 0 Å². The fourth-order valence-electron chi connectivity index (χ4n) is 6.85. The SMILES string of the molecule is C=CC1C[N@+]2(Cc3ccccc3)CCC1CC2C(OCc1ccccc1)c1ccnc2ccccc12.[Br-]. The van der Waals surface area contributed by atoms with Gasteiger partial charge in [0.05, 0.1) is 25.2 Å². The number of hydrogen-bond acceptors (Lipinski definition) is 2. The highest BCUT2D eigenvalue weighted by Crippen LogP contribution is 2.49. The Kier molecular flexibility index (Phi) is 7.89. The molecule has 190 valence electrons. The van der Waals surface area contributed by atoms with Gasteiger partial charge < -0.3 is 26.2 Å². The molecule has 4 aromatic rings. The number of benzene rings is 3. The van der Waals surface area contributed by atoms with Gasteiger partial charge in [-0.05, 0) is 29.2 Å². The number of piperidine rings is 3. The smallest absolute Gasteiger partial charge is 0.135 e. The highest BCUT2D eigenvalue weighted by atomic mass is 79.9. The van der Waals surface area contributed by atoms with Crippen LogP contribution in [0.1, 0.15) is 35.6 Å². The van der Waals surface area contributed by atoms with Crippen molar-refractivity contribution in [1.29, 1.82) is 0 Å². The lowest BCUT2D eigenvalue weighted by Crippen LogP contribution is -3.00. The van der Waals surface area contributed by atoms with Gasteiger partial charge in [0.15, 0.2) is 0 Å². The zero-order valence-electron chi connectivity index (χ0n) is 21.3. The third-order valence-corrected chi connectivity index (χ3v) is 8.63. The molecular formula is C33H35BrN2O. The van der Waals surface area contributed by atoms with E-state index in [0.717, 1.165) is 23.1 Å². The topological polar surface area (TPSA) is 22.1 Å². The summed E-state index contributed by atoms with van der Waals surface area (Å²) in [5.74, 6) is 1.25. The van der Waals surface area contributed by atoms with E-state index in [2.05, 4.69) is 109 Å². The number of rotatable bonds is 8. The van der Waals surface area contributed by atoms with Crippen LogP contribution < -0.4 is 17.0 Å². The van der Waals surface area contributed by atoms with Crippen molar-refractivity contribution in [2.75, 3.05) is 13.1 Å². The Hall–Kier alpha value is -2.79. The molecule has 0 spiro atoms. The van der Waals surface area contributed by atoms with Crippen LogP contribution in [0.25, 0.3) is 10.9 Å². The lowest BCUT2D eigenvalue weighted by atomic mass is 9.71. The first-order valence-corrected chi connectivity index (χ1v) is 13.3. The highest BCUT2D eigenvalue weighted by Gasteiger charge is 2.54. The molecule has 2 bridgehead atoms. The summed E-state index contributed by atoms with van der Waals surface area (Å²) in [6, 6.07) is 32.7. The number of nitrogens with zero attached hydrogens (tertiary/aromatic N) is 2. The van der Waals surface area contributed by atoms with Gasteiger partial charge in [0, 0.05) is 35.9 Å². The normalized spacial score (nSPS) is 25.4. The van der Waals surface area contributed by atoms with E-state index in [4.69, 9.17) is 4.74 Å². The number of hydrogen-bond donors (Lipinski definition) is 0. The van der Waals surface area contributed by atoms with E-state index in [9.17, 15) is 0 Å². The van der Waals surface area contributed by atoms with Gasteiger partial charge in [-0.2, -0.15) is 0 Å². The molecule has 4 unspecified atom stereocenters. The summed E-state index contributed by atoms with van der Waals surface area (Å²) in [7, 11) is 0. The van der Waals surface area contributed by atoms with Crippen LogP contribution >= 0.6 is 0 Å². The maximum absolute atomic E-state index is 6.98. The lowest BCUT2D eigenvalue weighted by molar-refractivity contribution is -0.985. The van der Waals surface area contributed by atoms with Crippen LogP contribution in [-0.2, 0) is 17.9 Å². The predicted octanol–water partition coefficient (Wildman–Crippen LogP) is 4.11. The first-order chi connectivity index (χ1) is 17.8. The fraction of sp³-hybridized carbons (Fsp3) is 0.303. The molecule has 1 aromatic heterocycles. The second-order valence-electron chi connectivity index (χ2n) is 10.7. The van der Waals surface area contributed by atoms with Gasteiger partial charge in [0.2, 0.25) is 0 Å². The van der Waals surface area contributed by atoms with E-state index in [1.54, 1.807) is 0 Å². The molecule has 0 aliphatic carbocycles. The van der Waals surface area contributed by atoms with Crippen molar-refractivity contribution in [1.82, 2.24) is 4.98 Å². The molecule has 5 atom stereocenters. The summed E-state index contributed by atoms with van der Waals surface area (Å²) in [6.07, 6.45) is 6.61. The summed E-state index contributed by atoms with van der Waals surface area (Å²) >= 11 is 0. The zero-order valence-corrected chi connectivity index (χ0v) is 22.8. The van der Waals surface area contributed by atoms with Crippen LogP contribution in [0.15, 0.2) is 110 Å². The molecule has 37 heavy (non-hydrogen) atoms. The molecule has 4 heteroatoms. The Labute approximate surface area is 231 Å². The summed E-state index contributed by atoms with van der Waals surface area (Å²) < 4.78 is 8.04. The molecule has 3 aliphatic rings. The average molecular weight is 556 g/mol.